The van der Waals surface area contributed by atoms with Gasteiger partial charge in [0.05, 0.1) is 5.39 Å². The van der Waals surface area contributed by atoms with Crippen molar-refractivity contribution >= 4 is 33.3 Å². The van der Waals surface area contributed by atoms with Crippen molar-refractivity contribution in [3.05, 3.63) is 74.9 Å². The summed E-state index contributed by atoms with van der Waals surface area (Å²) in [4.78, 5) is 24.8. The van der Waals surface area contributed by atoms with E-state index in [-0.39, 0.29) is 11.3 Å². The van der Waals surface area contributed by atoms with E-state index in [4.69, 9.17) is 4.42 Å². The quantitative estimate of drug-likeness (QED) is 0.556. The number of rotatable bonds is 4. The van der Waals surface area contributed by atoms with E-state index in [1.54, 1.807) is 30.3 Å². The third-order valence-corrected chi connectivity index (χ3v) is 5.29. The second kappa shape index (κ2) is 7.36. The van der Waals surface area contributed by atoms with Gasteiger partial charge in [-0.25, -0.2) is 0 Å². The first-order chi connectivity index (χ1) is 13.5. The number of anilines is 1. The molecule has 0 aliphatic carbocycles. The normalized spacial score (nSPS) is 10.9. The number of carbonyl (C=O) groups is 1. The van der Waals surface area contributed by atoms with Crippen LogP contribution >= 0.6 is 11.3 Å². The number of aromatic nitrogens is 2. The van der Waals surface area contributed by atoms with Crippen molar-refractivity contribution in [2.75, 3.05) is 5.32 Å². The molecule has 0 bridgehead atoms. The Balaban J connectivity index is 1.59. The van der Waals surface area contributed by atoms with Crippen LogP contribution < -0.4 is 10.7 Å². The topological polar surface area (TPSA) is 85.1 Å². The summed E-state index contributed by atoms with van der Waals surface area (Å²) in [5.74, 6) is 0.200. The molecule has 0 aliphatic rings. The molecule has 0 aliphatic heterocycles. The standard InChI is InChI=1S/C21H17N3O3S/c1-3-19-23-24-21(28-19)22-20(26)14-7-5-13(6-8-14)18-11-16(25)15-10-12(2)4-9-17(15)27-18/h4-11H,3H2,1-2H3,(H,22,24,26). The highest BCUT2D eigenvalue weighted by Gasteiger charge is 2.12. The van der Waals surface area contributed by atoms with Crippen molar-refractivity contribution < 1.29 is 9.21 Å². The summed E-state index contributed by atoms with van der Waals surface area (Å²) >= 11 is 1.36. The Kier molecular flexibility index (Phi) is 4.75. The van der Waals surface area contributed by atoms with Crippen molar-refractivity contribution in [2.45, 2.75) is 20.3 Å². The van der Waals surface area contributed by atoms with Crippen molar-refractivity contribution in [1.29, 1.82) is 0 Å². The molecule has 4 rings (SSSR count). The van der Waals surface area contributed by atoms with E-state index in [1.165, 1.54) is 17.4 Å². The van der Waals surface area contributed by atoms with Crippen LogP contribution in [0.2, 0.25) is 0 Å². The Labute approximate surface area is 164 Å². The van der Waals surface area contributed by atoms with Gasteiger partial charge in [0.15, 0.2) is 5.43 Å². The molecular weight excluding hydrogens is 374 g/mol. The van der Waals surface area contributed by atoms with Gasteiger partial charge in [0, 0.05) is 17.2 Å². The summed E-state index contributed by atoms with van der Waals surface area (Å²) in [7, 11) is 0. The van der Waals surface area contributed by atoms with Gasteiger partial charge in [0.2, 0.25) is 5.13 Å². The van der Waals surface area contributed by atoms with E-state index in [2.05, 4.69) is 15.5 Å². The number of benzene rings is 2. The monoisotopic (exact) mass is 391 g/mol. The van der Waals surface area contributed by atoms with Gasteiger partial charge >= 0.3 is 0 Å². The predicted molar refractivity (Wildman–Crippen MR) is 110 cm³/mol. The fourth-order valence-electron chi connectivity index (χ4n) is 2.81. The zero-order valence-corrected chi connectivity index (χ0v) is 16.2. The molecule has 0 atom stereocenters. The Hall–Kier alpha value is -3.32. The lowest BCUT2D eigenvalue weighted by molar-refractivity contribution is 0.102. The zero-order valence-electron chi connectivity index (χ0n) is 15.4. The Morgan fingerprint density at radius 3 is 2.61 bits per heavy atom. The van der Waals surface area contributed by atoms with Crippen molar-refractivity contribution in [3.8, 4) is 11.3 Å². The van der Waals surface area contributed by atoms with E-state index in [0.717, 1.165) is 22.6 Å². The predicted octanol–water partition coefficient (Wildman–Crippen LogP) is 4.43. The molecule has 6 nitrogen and oxygen atoms in total. The van der Waals surface area contributed by atoms with Crippen LogP contribution in [0.1, 0.15) is 27.9 Å². The minimum Gasteiger partial charge on any atom is -0.456 e. The molecule has 4 aromatic rings. The second-order valence-corrected chi connectivity index (χ2v) is 7.42. The van der Waals surface area contributed by atoms with Crippen LogP contribution in [0.5, 0.6) is 0 Å². The van der Waals surface area contributed by atoms with Crippen LogP contribution in [0.15, 0.2) is 57.7 Å². The minimum absolute atomic E-state index is 0.0928. The summed E-state index contributed by atoms with van der Waals surface area (Å²) < 4.78 is 5.88. The first-order valence-corrected chi connectivity index (χ1v) is 9.64. The minimum atomic E-state index is -0.263. The van der Waals surface area contributed by atoms with Gasteiger partial charge in [-0.3, -0.25) is 14.9 Å². The number of hydrogen-bond donors (Lipinski definition) is 1. The molecule has 1 amide bonds. The molecule has 0 fully saturated rings. The van der Waals surface area contributed by atoms with E-state index in [0.29, 0.717) is 27.4 Å². The second-order valence-electron chi connectivity index (χ2n) is 6.36. The zero-order chi connectivity index (χ0) is 19.7. The van der Waals surface area contributed by atoms with Gasteiger partial charge in [-0.1, -0.05) is 42.0 Å². The third-order valence-electron chi connectivity index (χ3n) is 4.30. The average Bonchev–Trinajstić information content (AvgIpc) is 3.16. The highest BCUT2D eigenvalue weighted by molar-refractivity contribution is 7.15. The smallest absolute Gasteiger partial charge is 0.257 e. The van der Waals surface area contributed by atoms with E-state index in [9.17, 15) is 9.59 Å². The molecule has 28 heavy (non-hydrogen) atoms. The molecule has 0 radical (unpaired) electrons. The summed E-state index contributed by atoms with van der Waals surface area (Å²) in [6, 6.07) is 13.9. The maximum absolute atomic E-state index is 12.4. The number of fused-ring (bicyclic) bond motifs is 1. The van der Waals surface area contributed by atoms with Gasteiger partial charge in [0.1, 0.15) is 16.4 Å². The number of amides is 1. The molecular formula is C21H17N3O3S. The molecule has 2 aromatic heterocycles. The lowest BCUT2D eigenvalue weighted by atomic mass is 10.1. The van der Waals surface area contributed by atoms with Crippen molar-refractivity contribution in [2.24, 2.45) is 0 Å². The van der Waals surface area contributed by atoms with Gasteiger partial charge in [-0.05, 0) is 37.6 Å². The number of nitrogens with one attached hydrogen (secondary N) is 1. The van der Waals surface area contributed by atoms with Crippen LogP contribution in [0.3, 0.4) is 0 Å². The summed E-state index contributed by atoms with van der Waals surface area (Å²) in [5.41, 5.74) is 2.66. The SMILES string of the molecule is CCc1nnc(NC(=O)c2ccc(-c3cc(=O)c4cc(C)ccc4o3)cc2)s1. The fraction of sp³-hybridized carbons (Fsp3) is 0.143. The largest absolute Gasteiger partial charge is 0.456 e. The van der Waals surface area contributed by atoms with Gasteiger partial charge in [0.25, 0.3) is 5.91 Å². The molecule has 0 saturated carbocycles. The van der Waals surface area contributed by atoms with Crippen LogP contribution in [-0.4, -0.2) is 16.1 Å². The van der Waals surface area contributed by atoms with Crippen molar-refractivity contribution in [1.82, 2.24) is 10.2 Å². The first kappa shape index (κ1) is 18.1. The maximum Gasteiger partial charge on any atom is 0.257 e. The van der Waals surface area contributed by atoms with Gasteiger partial charge < -0.3 is 4.42 Å². The molecule has 0 unspecified atom stereocenters. The van der Waals surface area contributed by atoms with E-state index in [1.807, 2.05) is 26.0 Å². The summed E-state index contributed by atoms with van der Waals surface area (Å²) in [6.07, 6.45) is 0.777. The Morgan fingerprint density at radius 1 is 1.11 bits per heavy atom. The fourth-order valence-corrected chi connectivity index (χ4v) is 3.49. The van der Waals surface area contributed by atoms with Crippen LogP contribution in [0.25, 0.3) is 22.3 Å². The van der Waals surface area contributed by atoms with Crippen molar-refractivity contribution in [3.63, 3.8) is 0 Å². The Morgan fingerprint density at radius 2 is 1.89 bits per heavy atom. The third kappa shape index (κ3) is 3.57. The number of hydrogen-bond acceptors (Lipinski definition) is 6. The molecule has 1 N–H and O–H groups in total. The molecule has 2 heterocycles. The molecule has 140 valence electrons. The molecule has 2 aromatic carbocycles. The number of carbonyl (C=O) groups excluding carboxylic acids is 1. The lowest BCUT2D eigenvalue weighted by Crippen LogP contribution is -2.11. The maximum atomic E-state index is 12.4. The van der Waals surface area contributed by atoms with Crippen LogP contribution in [-0.2, 0) is 6.42 Å². The van der Waals surface area contributed by atoms with E-state index >= 15 is 0 Å². The first-order valence-electron chi connectivity index (χ1n) is 8.82. The highest BCUT2D eigenvalue weighted by Crippen LogP contribution is 2.23. The Bertz CT molecular complexity index is 1230. The highest BCUT2D eigenvalue weighted by atomic mass is 32.1. The van der Waals surface area contributed by atoms with Crippen LogP contribution in [0.4, 0.5) is 5.13 Å². The molecule has 0 saturated heterocycles. The summed E-state index contributed by atoms with van der Waals surface area (Å²) in [5, 5.41) is 12.6. The van der Waals surface area contributed by atoms with E-state index < -0.39 is 0 Å². The number of aryl methyl sites for hydroxylation is 2. The number of nitrogens with zero attached hydrogens (tertiary/aromatic N) is 2. The lowest BCUT2D eigenvalue weighted by Gasteiger charge is -2.05. The average molecular weight is 391 g/mol. The molecule has 0 spiro atoms. The van der Waals surface area contributed by atoms with Gasteiger partial charge in [-0.15, -0.1) is 10.2 Å². The van der Waals surface area contributed by atoms with Gasteiger partial charge in [-0.2, -0.15) is 0 Å². The van der Waals surface area contributed by atoms with Crippen LogP contribution in [0, 0.1) is 6.92 Å². The summed E-state index contributed by atoms with van der Waals surface area (Å²) in [6.45, 7) is 3.92. The molecule has 7 heteroatoms.